The Balaban J connectivity index is 1.38. The van der Waals surface area contributed by atoms with Gasteiger partial charge in [0.2, 0.25) is 5.91 Å². The van der Waals surface area contributed by atoms with Gasteiger partial charge < -0.3 is 10.2 Å². The molecule has 4 aromatic rings. The first kappa shape index (κ1) is 24.2. The number of pyridine rings is 1. The zero-order chi connectivity index (χ0) is 25.1. The van der Waals surface area contributed by atoms with Crippen molar-refractivity contribution in [3.8, 4) is 0 Å². The summed E-state index contributed by atoms with van der Waals surface area (Å²) >= 11 is 3.59. The van der Waals surface area contributed by atoms with E-state index in [9.17, 15) is 4.79 Å². The molecule has 1 amide bonds. The van der Waals surface area contributed by atoms with Gasteiger partial charge in [-0.25, -0.2) is 4.98 Å². The summed E-state index contributed by atoms with van der Waals surface area (Å²) in [6.07, 6.45) is 9.31. The van der Waals surface area contributed by atoms with E-state index in [4.69, 9.17) is 4.98 Å². The Kier molecular flexibility index (Phi) is 7.13. The molecule has 184 valence electrons. The molecule has 5 rings (SSSR count). The first-order valence-electron chi connectivity index (χ1n) is 12.2. The summed E-state index contributed by atoms with van der Waals surface area (Å²) < 4.78 is 2.65. The van der Waals surface area contributed by atoms with Crippen molar-refractivity contribution < 1.29 is 4.79 Å². The van der Waals surface area contributed by atoms with E-state index in [1.54, 1.807) is 12.4 Å². The Morgan fingerprint density at radius 1 is 1.22 bits per heavy atom. The first-order valence-corrected chi connectivity index (χ1v) is 13.0. The van der Waals surface area contributed by atoms with Crippen LogP contribution in [0.4, 0.5) is 5.82 Å². The molecule has 1 aromatic carbocycles. The molecule has 7 nitrogen and oxygen atoms in total. The Morgan fingerprint density at radius 2 is 2.08 bits per heavy atom. The van der Waals surface area contributed by atoms with E-state index in [1.807, 2.05) is 58.9 Å². The molecule has 0 spiro atoms. The van der Waals surface area contributed by atoms with Gasteiger partial charge in [-0.1, -0.05) is 30.3 Å². The first-order chi connectivity index (χ1) is 17.5. The van der Waals surface area contributed by atoms with Gasteiger partial charge in [0.15, 0.2) is 5.65 Å². The van der Waals surface area contributed by atoms with Gasteiger partial charge in [-0.2, -0.15) is 9.61 Å². The summed E-state index contributed by atoms with van der Waals surface area (Å²) in [6, 6.07) is 14.2. The van der Waals surface area contributed by atoms with Gasteiger partial charge in [0.1, 0.15) is 5.82 Å². The molecule has 36 heavy (non-hydrogen) atoms. The van der Waals surface area contributed by atoms with E-state index in [0.717, 1.165) is 63.3 Å². The second-order valence-corrected chi connectivity index (χ2v) is 10.1. The number of hydrogen-bond donors (Lipinski definition) is 1. The SMILES string of the molecule is C/C(=C\c1ccccc1C)C(=O)N1CCCC(c2cc(NCc3cccnc3)n3ncc(Br)c3n2)C1. The van der Waals surface area contributed by atoms with Gasteiger partial charge in [-0.05, 0) is 71.5 Å². The summed E-state index contributed by atoms with van der Waals surface area (Å²) in [5.74, 6) is 1.10. The lowest BCUT2D eigenvalue weighted by Gasteiger charge is -2.33. The van der Waals surface area contributed by atoms with Gasteiger partial charge >= 0.3 is 0 Å². The smallest absolute Gasteiger partial charge is 0.249 e. The molecule has 1 unspecified atom stereocenters. The molecule has 0 radical (unpaired) electrons. The van der Waals surface area contributed by atoms with Crippen LogP contribution in [-0.2, 0) is 11.3 Å². The molecule has 0 aliphatic carbocycles. The monoisotopic (exact) mass is 544 g/mol. The molecular weight excluding hydrogens is 516 g/mol. The van der Waals surface area contributed by atoms with Crippen LogP contribution < -0.4 is 5.32 Å². The second kappa shape index (κ2) is 10.6. The van der Waals surface area contributed by atoms with Gasteiger partial charge in [0.25, 0.3) is 0 Å². The third-order valence-corrected chi connectivity index (χ3v) is 7.23. The van der Waals surface area contributed by atoms with E-state index in [1.165, 1.54) is 0 Å². The fraction of sp³-hybridized carbons (Fsp3) is 0.286. The number of benzene rings is 1. The number of likely N-dealkylation sites (tertiary alicyclic amines) is 1. The minimum atomic E-state index is 0.0875. The van der Waals surface area contributed by atoms with Crippen LogP contribution in [0.5, 0.6) is 0 Å². The lowest BCUT2D eigenvalue weighted by Crippen LogP contribution is -2.39. The predicted octanol–water partition coefficient (Wildman–Crippen LogP) is 5.62. The van der Waals surface area contributed by atoms with Crippen molar-refractivity contribution in [2.45, 2.75) is 39.2 Å². The van der Waals surface area contributed by atoms with Crippen LogP contribution in [-0.4, -0.2) is 43.5 Å². The van der Waals surface area contributed by atoms with Gasteiger partial charge in [-0.15, -0.1) is 0 Å². The van der Waals surface area contributed by atoms with Crippen molar-refractivity contribution in [1.82, 2.24) is 24.5 Å². The fourth-order valence-electron chi connectivity index (χ4n) is 4.68. The zero-order valence-corrected chi connectivity index (χ0v) is 22.1. The normalized spacial score (nSPS) is 16.4. The molecule has 8 heteroatoms. The molecule has 0 bridgehead atoms. The van der Waals surface area contributed by atoms with Crippen LogP contribution in [0.15, 0.2) is 71.1 Å². The maximum Gasteiger partial charge on any atom is 0.249 e. The second-order valence-electron chi connectivity index (χ2n) is 9.28. The Labute approximate surface area is 219 Å². The molecule has 1 aliphatic heterocycles. The van der Waals surface area contributed by atoms with Crippen molar-refractivity contribution in [3.05, 3.63) is 93.5 Å². The number of aromatic nitrogens is 4. The molecular formula is C28H29BrN6O. The van der Waals surface area contributed by atoms with Crippen LogP contribution in [0.3, 0.4) is 0 Å². The standard InChI is InChI=1S/C28H29BrN6O/c1-19-7-3-4-9-22(19)13-20(2)28(36)34-12-6-10-23(18-34)25-14-26(31-16-21-8-5-11-30-15-21)35-27(33-25)24(29)17-32-35/h3-5,7-9,11,13-15,17,23,31H,6,10,12,16,18H2,1-2H3/b20-13+. The van der Waals surface area contributed by atoms with E-state index in [2.05, 4.69) is 50.4 Å². The number of aryl methyl sites for hydroxylation is 1. The molecule has 1 saturated heterocycles. The number of halogens is 1. The van der Waals surface area contributed by atoms with Crippen molar-refractivity contribution in [1.29, 1.82) is 0 Å². The van der Waals surface area contributed by atoms with Crippen LogP contribution in [0.1, 0.15) is 48.1 Å². The van der Waals surface area contributed by atoms with Crippen LogP contribution >= 0.6 is 15.9 Å². The van der Waals surface area contributed by atoms with Crippen LogP contribution in [0, 0.1) is 6.92 Å². The number of nitrogens with zero attached hydrogens (tertiary/aromatic N) is 5. The van der Waals surface area contributed by atoms with Gasteiger partial charge in [-0.3, -0.25) is 9.78 Å². The summed E-state index contributed by atoms with van der Waals surface area (Å²) in [5, 5.41) is 7.98. The van der Waals surface area contributed by atoms with Crippen molar-refractivity contribution >= 4 is 39.4 Å². The topological polar surface area (TPSA) is 75.4 Å². The Morgan fingerprint density at radius 3 is 2.89 bits per heavy atom. The third kappa shape index (κ3) is 5.18. The lowest BCUT2D eigenvalue weighted by molar-refractivity contribution is -0.128. The van der Waals surface area contributed by atoms with E-state index in [-0.39, 0.29) is 11.8 Å². The number of rotatable bonds is 6. The van der Waals surface area contributed by atoms with Gasteiger partial charge in [0.05, 0.1) is 16.4 Å². The number of amides is 1. The van der Waals surface area contributed by atoms with Crippen LogP contribution in [0.2, 0.25) is 0 Å². The minimum Gasteiger partial charge on any atom is -0.366 e. The maximum absolute atomic E-state index is 13.3. The van der Waals surface area contributed by atoms with E-state index >= 15 is 0 Å². The quantitative estimate of drug-likeness (QED) is 0.319. The molecule has 1 aliphatic rings. The average molecular weight is 545 g/mol. The molecule has 1 atom stereocenters. The van der Waals surface area contributed by atoms with E-state index in [0.29, 0.717) is 13.1 Å². The van der Waals surface area contributed by atoms with E-state index < -0.39 is 0 Å². The maximum atomic E-state index is 13.3. The summed E-state index contributed by atoms with van der Waals surface area (Å²) in [5.41, 5.74) is 5.82. The molecule has 4 heterocycles. The highest BCUT2D eigenvalue weighted by atomic mass is 79.9. The highest BCUT2D eigenvalue weighted by molar-refractivity contribution is 9.10. The predicted molar refractivity (Wildman–Crippen MR) is 146 cm³/mol. The summed E-state index contributed by atoms with van der Waals surface area (Å²) in [4.78, 5) is 24.5. The molecule has 1 fully saturated rings. The average Bonchev–Trinajstić information content (AvgIpc) is 3.29. The van der Waals surface area contributed by atoms with Gasteiger partial charge in [0, 0.05) is 49.6 Å². The van der Waals surface area contributed by atoms with Crippen molar-refractivity contribution in [2.75, 3.05) is 18.4 Å². The third-order valence-electron chi connectivity index (χ3n) is 6.67. The summed E-state index contributed by atoms with van der Waals surface area (Å²) in [6.45, 7) is 6.01. The molecule has 0 saturated carbocycles. The molecule has 1 N–H and O–H groups in total. The minimum absolute atomic E-state index is 0.0875. The Hall–Kier alpha value is -3.52. The fourth-order valence-corrected chi connectivity index (χ4v) is 5.03. The highest BCUT2D eigenvalue weighted by Gasteiger charge is 2.27. The number of piperidine rings is 1. The van der Waals surface area contributed by atoms with Crippen molar-refractivity contribution in [2.24, 2.45) is 0 Å². The Bertz CT molecular complexity index is 1410. The summed E-state index contributed by atoms with van der Waals surface area (Å²) in [7, 11) is 0. The number of carbonyl (C=O) groups is 1. The highest BCUT2D eigenvalue weighted by Crippen LogP contribution is 2.30. The van der Waals surface area contributed by atoms with Crippen molar-refractivity contribution in [3.63, 3.8) is 0 Å². The zero-order valence-electron chi connectivity index (χ0n) is 20.5. The largest absolute Gasteiger partial charge is 0.366 e. The number of carbonyl (C=O) groups excluding carboxylic acids is 1. The number of anilines is 1. The molecule has 3 aromatic heterocycles. The number of nitrogens with one attached hydrogen (secondary N) is 1. The van der Waals surface area contributed by atoms with Crippen LogP contribution in [0.25, 0.3) is 11.7 Å². The number of hydrogen-bond acceptors (Lipinski definition) is 5. The lowest BCUT2D eigenvalue weighted by atomic mass is 9.93. The number of fused-ring (bicyclic) bond motifs is 1.